The second-order valence-corrected chi connectivity index (χ2v) is 41.1. The number of thioether (sulfide) groups is 1. The molecule has 13 nitrogen and oxygen atoms in total. The van der Waals surface area contributed by atoms with Gasteiger partial charge in [-0.15, -0.1) is 0 Å². The molecule has 0 aromatic heterocycles. The first kappa shape index (κ1) is 102. The molecule has 14 heteroatoms. The smallest absolute Gasteiger partial charge is 0.305 e. The number of ether oxygens (including phenoxy) is 1. The Morgan fingerprint density at radius 1 is 0.536 bits per heavy atom. The van der Waals surface area contributed by atoms with E-state index in [0.717, 1.165) is 100 Å². The van der Waals surface area contributed by atoms with Gasteiger partial charge < -0.3 is 40.7 Å². The van der Waals surface area contributed by atoms with Crippen molar-refractivity contribution in [2.45, 2.75) is 403 Å². The monoisotopic (exact) mass is 1590 g/mol. The molecule has 0 aromatic carbocycles. The third-order valence-electron chi connectivity index (χ3n) is 30.5. The lowest BCUT2D eigenvalue weighted by Gasteiger charge is -2.58. The van der Waals surface area contributed by atoms with Crippen LogP contribution in [0.1, 0.15) is 380 Å². The summed E-state index contributed by atoms with van der Waals surface area (Å²) in [5.74, 6) is 4.84. The molecular formula is C98H171NO12S. The van der Waals surface area contributed by atoms with Gasteiger partial charge in [0.2, 0.25) is 0 Å². The lowest BCUT2D eigenvalue weighted by Crippen LogP contribution is -2.51. The van der Waals surface area contributed by atoms with E-state index in [1.165, 1.54) is 111 Å². The maximum absolute atomic E-state index is 10.8. The molecule has 8 aliphatic rings. The molecule has 0 heterocycles. The number of aliphatic hydroxyl groups is 1. The molecule has 7 N–H and O–H groups in total. The Kier molecular flexibility index (Phi) is 42.9. The highest BCUT2D eigenvalue weighted by atomic mass is 32.2. The van der Waals surface area contributed by atoms with Crippen LogP contribution in [0.25, 0.3) is 0 Å². The number of carboxylic acid groups (broad SMARTS) is 5. The van der Waals surface area contributed by atoms with Gasteiger partial charge in [0.15, 0.2) is 0 Å². The Hall–Kier alpha value is -3.98. The minimum absolute atomic E-state index is 0.105. The Morgan fingerprint density at radius 2 is 1.04 bits per heavy atom. The number of hydrogen-bond acceptors (Lipinski definition) is 9. The zero-order chi connectivity index (χ0) is 85.2. The van der Waals surface area contributed by atoms with Crippen LogP contribution in [0.5, 0.6) is 0 Å². The summed E-state index contributed by atoms with van der Waals surface area (Å²) in [7, 11) is 0. The second kappa shape index (κ2) is 47.0. The number of carbonyl (C=O) groups is 5. The van der Waals surface area contributed by atoms with E-state index in [1.807, 2.05) is 25.6 Å². The predicted octanol–water partition coefficient (Wildman–Crippen LogP) is 26.2. The van der Waals surface area contributed by atoms with E-state index in [1.54, 1.807) is 27.9 Å². The minimum atomic E-state index is -0.772. The van der Waals surface area contributed by atoms with Gasteiger partial charge in [0.25, 0.3) is 0 Å². The number of fused-ring (bicyclic) bond motifs is 5. The summed E-state index contributed by atoms with van der Waals surface area (Å²) in [6, 6.07) is 0.441. The van der Waals surface area contributed by atoms with E-state index in [-0.39, 0.29) is 37.9 Å². The van der Waals surface area contributed by atoms with Gasteiger partial charge in [-0.2, -0.15) is 11.8 Å². The molecule has 0 spiro atoms. The Bertz CT molecular complexity index is 3000. The number of carboxylic acids is 5. The van der Waals surface area contributed by atoms with E-state index in [2.05, 4.69) is 191 Å². The van der Waals surface area contributed by atoms with Crippen LogP contribution in [0.2, 0.25) is 0 Å². The van der Waals surface area contributed by atoms with Crippen LogP contribution in [0, 0.1) is 97.6 Å². The third-order valence-corrected chi connectivity index (χ3v) is 31.8. The fraction of sp³-hybridized carbons (Fsp3) is 0.827. The molecular weight excluding hydrogens is 1420 g/mol. The summed E-state index contributed by atoms with van der Waals surface area (Å²) < 4.78 is 5.96. The van der Waals surface area contributed by atoms with Gasteiger partial charge in [-0.3, -0.25) is 24.0 Å². The molecule has 8 aliphatic carbocycles. The number of nitrogens with one attached hydrogen (secondary N) is 1. The molecule has 646 valence electrons. The van der Waals surface area contributed by atoms with Crippen molar-refractivity contribution in [1.82, 2.24) is 5.32 Å². The quantitative estimate of drug-likeness (QED) is 0.0362. The molecule has 0 aromatic rings. The molecule has 16 atom stereocenters. The van der Waals surface area contributed by atoms with E-state index < -0.39 is 29.8 Å². The summed E-state index contributed by atoms with van der Waals surface area (Å²) in [5, 5.41) is 58.1. The summed E-state index contributed by atoms with van der Waals surface area (Å²) in [6.07, 6.45) is 34.6. The molecule has 7 saturated carbocycles. The van der Waals surface area contributed by atoms with Crippen molar-refractivity contribution in [2.24, 2.45) is 97.6 Å². The van der Waals surface area contributed by atoms with Crippen molar-refractivity contribution in [2.75, 3.05) is 18.9 Å². The van der Waals surface area contributed by atoms with Gasteiger partial charge in [0.1, 0.15) is 0 Å². The van der Waals surface area contributed by atoms with Gasteiger partial charge in [-0.05, 0) is 313 Å². The number of rotatable bonds is 28. The SMILES string of the molecule is CC.CC(C)=C1CC(=CCCC(=O)O)CC[C@]1(C)C(C)C.CC(C)=C1CC(CCCC(=O)O)CC[C@]1(C)C(C)C.CC(C)=C1CC(NCCC(=O)O)CC[C@]1(C)C(C)C.CC(C)=C1CC(SCCC(=O)O)CC[C@]1(C)C(C)C.CC(CC[C@H](O)C(C)C)[C@H]1CCC2C3CC=C4CC(OCCC(=O)O)CC[C@]4(C)C3CC[C@@]21C. The normalized spacial score (nSPS) is 31.1. The number of hydrogen-bond donors (Lipinski definition) is 7. The first-order valence-corrected chi connectivity index (χ1v) is 46.0. The molecule has 8 rings (SSSR count). The average Bonchev–Trinajstić information content (AvgIpc) is 1.43. The van der Waals surface area contributed by atoms with Crippen LogP contribution in [0.15, 0.2) is 67.9 Å². The standard InChI is InChI=1S/C30H50O4.C17H30O2.C17H28O2.C16H29NO2.C16H28O2S.C2H6/c1-19(2)27(31)11-6-20(3)24-9-10-25-23-8-7-21-18-22(34-17-14-28(32)33)12-15-29(21,4)26(23)13-16-30(24,25)5;2*1-12(2)15-11-14(7-6-8-16(18)19)9-10-17(15,5)13(3)4;1-11(2)14-10-13(17-9-7-15(18)19)6-8-16(14,5)12(3)4;1-11(2)14-10-13(19-9-7-15(17)18)6-8-16(14,5)12(3)4;1-2/h7,19-20,22-27,31H,6,8-18H2,1-5H3,(H,32,33);13-14H,6-11H2,1-5H3,(H,18,19);7,13H,6,8-11H2,1-5H3,(H,18,19);12-13,17H,6-10H2,1-5H3,(H,18,19);12-13H,6-10H2,1-5H3,(H,17,18);1-2H3/t20?,22?,23?,24-,25?,26?,27+,29+,30-;14?,17-;17-;2*13?,16-;/m11111./s1. The summed E-state index contributed by atoms with van der Waals surface area (Å²) in [6.45, 7) is 62.6. The fourth-order valence-electron chi connectivity index (χ4n) is 21.8. The molecule has 0 saturated heterocycles. The maximum atomic E-state index is 10.8. The second-order valence-electron chi connectivity index (χ2n) is 39.7. The van der Waals surface area contributed by atoms with Crippen LogP contribution in [-0.2, 0) is 28.7 Å². The molecule has 0 amide bonds. The molecule has 0 aliphatic heterocycles. The number of aliphatic hydroxyl groups excluding tert-OH is 1. The van der Waals surface area contributed by atoms with Crippen LogP contribution < -0.4 is 5.32 Å². The van der Waals surface area contributed by atoms with Crippen LogP contribution >= 0.6 is 11.8 Å². The van der Waals surface area contributed by atoms with Gasteiger partial charge in [-0.25, -0.2) is 0 Å². The molecule has 0 bridgehead atoms. The van der Waals surface area contributed by atoms with Crippen molar-refractivity contribution in [3.63, 3.8) is 0 Å². The zero-order valence-corrected chi connectivity index (χ0v) is 77.5. The van der Waals surface area contributed by atoms with E-state index in [9.17, 15) is 29.1 Å². The van der Waals surface area contributed by atoms with Gasteiger partial charge >= 0.3 is 29.8 Å². The van der Waals surface area contributed by atoms with Crippen LogP contribution in [-0.4, -0.2) is 103 Å². The van der Waals surface area contributed by atoms with Gasteiger partial charge in [0, 0.05) is 36.4 Å². The fourth-order valence-corrected chi connectivity index (χ4v) is 23.0. The van der Waals surface area contributed by atoms with Crippen molar-refractivity contribution >= 4 is 41.6 Å². The molecule has 8 unspecified atom stereocenters. The lowest BCUT2D eigenvalue weighted by atomic mass is 9.47. The molecule has 7 fully saturated rings. The lowest BCUT2D eigenvalue weighted by molar-refractivity contribution is -0.139. The topological polar surface area (TPSA) is 228 Å². The zero-order valence-electron chi connectivity index (χ0n) is 76.7. The first-order chi connectivity index (χ1) is 52.1. The third kappa shape index (κ3) is 28.9. The highest BCUT2D eigenvalue weighted by Gasteiger charge is 2.59. The number of aliphatic carboxylic acids is 5. The van der Waals surface area contributed by atoms with Crippen molar-refractivity contribution in [3.05, 3.63) is 67.9 Å². The molecule has 112 heavy (non-hydrogen) atoms. The Labute approximate surface area is 689 Å². The largest absolute Gasteiger partial charge is 0.481 e. The number of allylic oxidation sites excluding steroid dienone is 10. The average molecular weight is 1590 g/mol. The minimum Gasteiger partial charge on any atom is -0.481 e. The maximum Gasteiger partial charge on any atom is 0.305 e. The Morgan fingerprint density at radius 3 is 1.56 bits per heavy atom. The summed E-state index contributed by atoms with van der Waals surface area (Å²) in [5.41, 5.74) is 17.3. The molecule has 0 radical (unpaired) electrons. The van der Waals surface area contributed by atoms with E-state index in [4.69, 9.17) is 30.3 Å². The van der Waals surface area contributed by atoms with E-state index in [0.29, 0.717) is 111 Å². The highest BCUT2D eigenvalue weighted by molar-refractivity contribution is 7.99. The highest BCUT2D eigenvalue weighted by Crippen LogP contribution is 2.68. The van der Waals surface area contributed by atoms with Gasteiger partial charge in [-0.1, -0.05) is 199 Å². The first-order valence-electron chi connectivity index (χ1n) is 44.9. The van der Waals surface area contributed by atoms with Crippen LogP contribution in [0.4, 0.5) is 0 Å². The van der Waals surface area contributed by atoms with Gasteiger partial charge in [0.05, 0.1) is 38.1 Å². The summed E-state index contributed by atoms with van der Waals surface area (Å²) >= 11 is 1.84. The van der Waals surface area contributed by atoms with Crippen LogP contribution in [0.3, 0.4) is 0 Å². The predicted molar refractivity (Wildman–Crippen MR) is 471 cm³/mol. The Balaban J connectivity index is 0.000000371. The summed E-state index contributed by atoms with van der Waals surface area (Å²) in [4.78, 5) is 53.2. The van der Waals surface area contributed by atoms with Crippen molar-refractivity contribution in [3.8, 4) is 0 Å². The van der Waals surface area contributed by atoms with Crippen molar-refractivity contribution < 1.29 is 59.3 Å². The van der Waals surface area contributed by atoms with E-state index >= 15 is 0 Å². The van der Waals surface area contributed by atoms with Crippen molar-refractivity contribution in [1.29, 1.82) is 0 Å².